The molecular weight excluding hydrogens is 399 g/mol. The summed E-state index contributed by atoms with van der Waals surface area (Å²) in [6, 6.07) is 4.41. The Morgan fingerprint density at radius 1 is 1.19 bits per heavy atom. The maximum Gasteiger partial charge on any atom is 0.267 e. The Balaban J connectivity index is 1.33. The number of nitrogens with zero attached hydrogens (tertiary/aromatic N) is 3. The number of aromatic amines is 1. The SMILES string of the molecule is Cc1c(Cc2ccc(F)c(C(=O)N3CCN(C45CC(C4)C5)C(=O)C3)c2)n[nH]c(=O)c1C. The molecule has 0 radical (unpaired) electrons. The van der Waals surface area contributed by atoms with Gasteiger partial charge in [-0.25, -0.2) is 9.49 Å². The van der Waals surface area contributed by atoms with Crippen molar-refractivity contribution < 1.29 is 14.0 Å². The van der Waals surface area contributed by atoms with Gasteiger partial charge in [-0.1, -0.05) is 6.07 Å². The Hall–Kier alpha value is -3.03. The van der Waals surface area contributed by atoms with Gasteiger partial charge in [-0.2, -0.15) is 5.10 Å². The molecule has 2 bridgehead atoms. The Bertz CT molecular complexity index is 1140. The fourth-order valence-electron chi connectivity index (χ4n) is 5.17. The molecule has 4 aliphatic rings. The standard InChI is InChI=1S/C23H25FN4O3/c1-13-14(2)21(30)26-25-19(13)8-15-3-4-18(24)17(7-15)22(31)27-5-6-28(20(29)12-27)23-9-16(10-23)11-23/h3-4,7,16H,5-6,8-12H2,1-2H3,(H,26,30). The number of nitrogens with one attached hydrogen (secondary N) is 1. The highest BCUT2D eigenvalue weighted by molar-refractivity contribution is 5.97. The Morgan fingerprint density at radius 3 is 2.58 bits per heavy atom. The Labute approximate surface area is 179 Å². The van der Waals surface area contributed by atoms with Crippen LogP contribution in [0.25, 0.3) is 0 Å². The first kappa shape index (κ1) is 19.9. The molecule has 1 saturated heterocycles. The van der Waals surface area contributed by atoms with Crippen LogP contribution in [0.4, 0.5) is 4.39 Å². The summed E-state index contributed by atoms with van der Waals surface area (Å²) in [5.41, 5.74) is 2.51. The van der Waals surface area contributed by atoms with Crippen molar-refractivity contribution in [3.8, 4) is 0 Å². The lowest BCUT2D eigenvalue weighted by Gasteiger charge is -2.67. The summed E-state index contributed by atoms with van der Waals surface area (Å²) in [5, 5.41) is 6.57. The summed E-state index contributed by atoms with van der Waals surface area (Å²) in [7, 11) is 0. The van der Waals surface area contributed by atoms with Crippen LogP contribution in [0.2, 0.25) is 0 Å². The van der Waals surface area contributed by atoms with Crippen molar-refractivity contribution >= 4 is 11.8 Å². The summed E-state index contributed by atoms with van der Waals surface area (Å²) in [6.45, 7) is 4.47. The third-order valence-corrected chi connectivity index (χ3v) is 7.35. The van der Waals surface area contributed by atoms with Crippen LogP contribution >= 0.6 is 0 Å². The molecule has 2 amide bonds. The lowest BCUT2D eigenvalue weighted by Crippen LogP contribution is -2.72. The van der Waals surface area contributed by atoms with Gasteiger partial charge in [0.2, 0.25) is 5.91 Å². The van der Waals surface area contributed by atoms with Gasteiger partial charge in [0.25, 0.3) is 11.5 Å². The first-order valence-electron chi connectivity index (χ1n) is 10.7. The van der Waals surface area contributed by atoms with Gasteiger partial charge in [0, 0.05) is 30.6 Å². The molecule has 6 rings (SSSR count). The van der Waals surface area contributed by atoms with Gasteiger partial charge in [0.15, 0.2) is 0 Å². The first-order chi connectivity index (χ1) is 14.8. The number of benzene rings is 1. The van der Waals surface area contributed by atoms with Crippen molar-refractivity contribution in [3.63, 3.8) is 0 Å². The molecule has 4 fully saturated rings. The van der Waals surface area contributed by atoms with Crippen LogP contribution < -0.4 is 5.56 Å². The van der Waals surface area contributed by atoms with Crippen LogP contribution in [0.15, 0.2) is 23.0 Å². The van der Waals surface area contributed by atoms with Crippen LogP contribution in [0, 0.1) is 25.6 Å². The maximum absolute atomic E-state index is 14.5. The van der Waals surface area contributed by atoms with Crippen molar-refractivity contribution in [2.75, 3.05) is 19.6 Å². The quantitative estimate of drug-likeness (QED) is 0.813. The molecule has 7 nitrogen and oxygen atoms in total. The van der Waals surface area contributed by atoms with E-state index in [0.29, 0.717) is 36.3 Å². The van der Waals surface area contributed by atoms with Crippen LogP contribution in [-0.2, 0) is 11.2 Å². The summed E-state index contributed by atoms with van der Waals surface area (Å²) >= 11 is 0. The van der Waals surface area contributed by atoms with E-state index in [9.17, 15) is 18.8 Å². The molecule has 1 aliphatic heterocycles. The van der Waals surface area contributed by atoms with Gasteiger partial charge in [-0.3, -0.25) is 14.4 Å². The predicted octanol–water partition coefficient (Wildman–Crippen LogP) is 1.95. The molecule has 1 N–H and O–H groups in total. The van der Waals surface area contributed by atoms with E-state index in [2.05, 4.69) is 10.2 Å². The number of carbonyl (C=O) groups is 2. The zero-order valence-electron chi connectivity index (χ0n) is 17.7. The summed E-state index contributed by atoms with van der Waals surface area (Å²) < 4.78 is 14.5. The van der Waals surface area contributed by atoms with E-state index in [1.807, 2.05) is 11.8 Å². The number of aromatic nitrogens is 2. The molecular formula is C23H25FN4O3. The summed E-state index contributed by atoms with van der Waals surface area (Å²) in [4.78, 5) is 40.8. The maximum atomic E-state index is 14.5. The molecule has 162 valence electrons. The molecule has 0 atom stereocenters. The number of rotatable bonds is 4. The monoisotopic (exact) mass is 424 g/mol. The van der Waals surface area contributed by atoms with Gasteiger partial charge < -0.3 is 9.80 Å². The Kier molecular flexibility index (Phi) is 4.50. The third kappa shape index (κ3) is 3.16. The molecule has 31 heavy (non-hydrogen) atoms. The van der Waals surface area contributed by atoms with Gasteiger partial charge in [0.1, 0.15) is 12.4 Å². The van der Waals surface area contributed by atoms with Gasteiger partial charge >= 0.3 is 0 Å². The van der Waals surface area contributed by atoms with E-state index < -0.39 is 11.7 Å². The van der Waals surface area contributed by atoms with Crippen molar-refractivity contribution in [2.45, 2.75) is 45.1 Å². The third-order valence-electron chi connectivity index (χ3n) is 7.35. The molecule has 3 aliphatic carbocycles. The number of carbonyl (C=O) groups excluding carboxylic acids is 2. The highest BCUT2D eigenvalue weighted by atomic mass is 19.1. The average Bonchev–Trinajstić information content (AvgIpc) is 2.68. The van der Waals surface area contributed by atoms with Crippen LogP contribution in [0.1, 0.15) is 52.0 Å². The lowest BCUT2D eigenvalue weighted by molar-refractivity contribution is -0.177. The van der Waals surface area contributed by atoms with Crippen LogP contribution in [0.3, 0.4) is 0 Å². The van der Waals surface area contributed by atoms with E-state index >= 15 is 0 Å². The van der Waals surface area contributed by atoms with Gasteiger partial charge in [0.05, 0.1) is 11.3 Å². The highest BCUT2D eigenvalue weighted by Crippen LogP contribution is 2.60. The van der Waals surface area contributed by atoms with E-state index in [0.717, 1.165) is 30.7 Å². The van der Waals surface area contributed by atoms with E-state index in [4.69, 9.17) is 0 Å². The van der Waals surface area contributed by atoms with Crippen LogP contribution in [0.5, 0.6) is 0 Å². The number of amides is 2. The topological polar surface area (TPSA) is 86.4 Å². The van der Waals surface area contributed by atoms with Crippen molar-refractivity contribution in [3.05, 3.63) is 62.3 Å². The molecule has 1 aromatic carbocycles. The highest BCUT2D eigenvalue weighted by Gasteiger charge is 2.61. The van der Waals surface area contributed by atoms with Crippen molar-refractivity contribution in [2.24, 2.45) is 5.92 Å². The largest absolute Gasteiger partial charge is 0.334 e. The number of piperazine rings is 1. The minimum atomic E-state index is -0.606. The molecule has 8 heteroatoms. The Morgan fingerprint density at radius 2 is 1.94 bits per heavy atom. The predicted molar refractivity (Wildman–Crippen MR) is 111 cm³/mol. The van der Waals surface area contributed by atoms with Crippen LogP contribution in [-0.4, -0.2) is 57.0 Å². The smallest absolute Gasteiger partial charge is 0.267 e. The normalized spacial score (nSPS) is 24.6. The summed E-state index contributed by atoms with van der Waals surface area (Å²) in [6.07, 6.45) is 3.61. The van der Waals surface area contributed by atoms with E-state index in [1.165, 1.54) is 17.0 Å². The molecule has 2 aromatic rings. The molecule has 1 aromatic heterocycles. The number of hydrogen-bond acceptors (Lipinski definition) is 4. The molecule has 0 spiro atoms. The number of H-pyrrole nitrogens is 1. The van der Waals surface area contributed by atoms with E-state index in [1.54, 1.807) is 13.0 Å². The summed E-state index contributed by atoms with van der Waals surface area (Å²) in [5.74, 6) is -0.343. The fraction of sp³-hybridized carbons (Fsp3) is 0.478. The van der Waals surface area contributed by atoms with E-state index in [-0.39, 0.29) is 29.1 Å². The second-order valence-electron chi connectivity index (χ2n) is 9.22. The van der Waals surface area contributed by atoms with Crippen molar-refractivity contribution in [1.29, 1.82) is 0 Å². The second kappa shape index (κ2) is 7.00. The molecule has 0 unspecified atom stereocenters. The number of hydrogen-bond donors (Lipinski definition) is 1. The van der Waals surface area contributed by atoms with Gasteiger partial charge in [-0.05, 0) is 62.3 Å². The minimum Gasteiger partial charge on any atom is -0.334 e. The molecule has 2 heterocycles. The van der Waals surface area contributed by atoms with Crippen molar-refractivity contribution in [1.82, 2.24) is 20.0 Å². The lowest BCUT2D eigenvalue weighted by atomic mass is 9.49. The fourth-order valence-corrected chi connectivity index (χ4v) is 5.17. The number of halogens is 1. The molecule has 3 saturated carbocycles. The average molecular weight is 424 g/mol. The first-order valence-corrected chi connectivity index (χ1v) is 10.7. The zero-order chi connectivity index (χ0) is 21.9. The van der Waals surface area contributed by atoms with Gasteiger partial charge in [-0.15, -0.1) is 0 Å². The zero-order valence-corrected chi connectivity index (χ0v) is 17.7. The minimum absolute atomic E-state index is 0.00526. The second-order valence-corrected chi connectivity index (χ2v) is 9.22.